The van der Waals surface area contributed by atoms with Gasteiger partial charge in [-0.25, -0.2) is 9.59 Å². The zero-order chi connectivity index (χ0) is 18.4. The Bertz CT molecular complexity index is 795. The lowest BCUT2D eigenvalue weighted by atomic mass is 10.2. The summed E-state index contributed by atoms with van der Waals surface area (Å²) in [5.41, 5.74) is 6.41. The number of ether oxygens (including phenoxy) is 3. The maximum absolute atomic E-state index is 12.2. The van der Waals surface area contributed by atoms with Crippen molar-refractivity contribution in [1.29, 1.82) is 0 Å². The number of hydrogen-bond acceptors (Lipinski definition) is 5. The lowest BCUT2D eigenvalue weighted by molar-refractivity contribution is 0.0470. The third kappa shape index (κ3) is 4.87. The second kappa shape index (κ2) is 8.39. The van der Waals surface area contributed by atoms with Gasteiger partial charge in [0.15, 0.2) is 0 Å². The SMILES string of the molecule is COc1cc(COC(=O)c2cccc(NC(N)=O)c2)c(OC)cc1Br. The van der Waals surface area contributed by atoms with Crippen LogP contribution in [0.5, 0.6) is 11.5 Å². The smallest absolute Gasteiger partial charge is 0.338 e. The fourth-order valence-corrected chi connectivity index (χ4v) is 2.61. The Kier molecular flexibility index (Phi) is 6.24. The van der Waals surface area contributed by atoms with Crippen LogP contribution in [0.25, 0.3) is 0 Å². The van der Waals surface area contributed by atoms with E-state index in [4.69, 9.17) is 19.9 Å². The number of carbonyl (C=O) groups excluding carboxylic acids is 2. The predicted octanol–water partition coefficient (Wildman–Crippen LogP) is 3.31. The van der Waals surface area contributed by atoms with Gasteiger partial charge < -0.3 is 25.3 Å². The highest BCUT2D eigenvalue weighted by Crippen LogP contribution is 2.33. The highest BCUT2D eigenvalue weighted by Gasteiger charge is 2.13. The van der Waals surface area contributed by atoms with Gasteiger partial charge in [-0.1, -0.05) is 6.07 Å². The molecule has 0 aliphatic carbocycles. The number of urea groups is 1. The summed E-state index contributed by atoms with van der Waals surface area (Å²) < 4.78 is 16.6. The van der Waals surface area contributed by atoms with Crippen molar-refractivity contribution in [2.45, 2.75) is 6.61 Å². The highest BCUT2D eigenvalue weighted by atomic mass is 79.9. The van der Waals surface area contributed by atoms with E-state index in [9.17, 15) is 9.59 Å². The number of methoxy groups -OCH3 is 2. The second-order valence-corrected chi connectivity index (χ2v) is 5.80. The number of carbonyl (C=O) groups is 2. The van der Waals surface area contributed by atoms with Crippen LogP contribution in [0, 0.1) is 0 Å². The Labute approximate surface area is 153 Å². The van der Waals surface area contributed by atoms with Crippen LogP contribution in [0.2, 0.25) is 0 Å². The van der Waals surface area contributed by atoms with Crippen molar-refractivity contribution in [2.75, 3.05) is 19.5 Å². The van der Waals surface area contributed by atoms with E-state index in [1.54, 1.807) is 37.4 Å². The first-order chi connectivity index (χ1) is 11.9. The van der Waals surface area contributed by atoms with Crippen LogP contribution in [0.4, 0.5) is 10.5 Å². The first kappa shape index (κ1) is 18.6. The average Bonchev–Trinajstić information content (AvgIpc) is 2.59. The van der Waals surface area contributed by atoms with Gasteiger partial charge in [-0.3, -0.25) is 0 Å². The van der Waals surface area contributed by atoms with E-state index in [1.165, 1.54) is 13.2 Å². The molecule has 0 fully saturated rings. The maximum Gasteiger partial charge on any atom is 0.338 e. The second-order valence-electron chi connectivity index (χ2n) is 4.94. The molecule has 2 aromatic carbocycles. The quantitative estimate of drug-likeness (QED) is 0.714. The van der Waals surface area contributed by atoms with Gasteiger partial charge in [0.2, 0.25) is 0 Å². The minimum atomic E-state index is -0.711. The van der Waals surface area contributed by atoms with Gasteiger partial charge in [0, 0.05) is 11.3 Å². The number of halogens is 1. The van der Waals surface area contributed by atoms with E-state index >= 15 is 0 Å². The molecular weight excluding hydrogens is 392 g/mol. The molecule has 7 nitrogen and oxygen atoms in total. The molecule has 0 heterocycles. The van der Waals surface area contributed by atoms with E-state index in [2.05, 4.69) is 21.2 Å². The lowest BCUT2D eigenvalue weighted by Gasteiger charge is -2.13. The van der Waals surface area contributed by atoms with Crippen molar-refractivity contribution in [1.82, 2.24) is 0 Å². The molecule has 0 aromatic heterocycles. The molecule has 2 rings (SSSR count). The van der Waals surface area contributed by atoms with Gasteiger partial charge in [0.25, 0.3) is 0 Å². The van der Waals surface area contributed by atoms with Crippen molar-refractivity contribution < 1.29 is 23.8 Å². The molecule has 8 heteroatoms. The fraction of sp³-hybridized carbons (Fsp3) is 0.176. The third-order valence-electron chi connectivity index (χ3n) is 3.28. The molecule has 25 heavy (non-hydrogen) atoms. The van der Waals surface area contributed by atoms with E-state index in [0.717, 1.165) is 4.47 Å². The largest absolute Gasteiger partial charge is 0.496 e. The Balaban J connectivity index is 2.13. The molecule has 0 saturated heterocycles. The molecule has 0 aliphatic rings. The Morgan fingerprint density at radius 1 is 1.12 bits per heavy atom. The lowest BCUT2D eigenvalue weighted by Crippen LogP contribution is -2.19. The molecule has 2 amide bonds. The van der Waals surface area contributed by atoms with Crippen LogP contribution in [0.15, 0.2) is 40.9 Å². The fourth-order valence-electron chi connectivity index (χ4n) is 2.13. The number of amides is 2. The first-order valence-electron chi connectivity index (χ1n) is 7.18. The average molecular weight is 409 g/mol. The van der Waals surface area contributed by atoms with Gasteiger partial charge in [-0.15, -0.1) is 0 Å². The molecule has 0 atom stereocenters. The molecule has 0 aliphatic heterocycles. The number of nitrogens with one attached hydrogen (secondary N) is 1. The van der Waals surface area contributed by atoms with Crippen LogP contribution in [0.1, 0.15) is 15.9 Å². The number of esters is 1. The molecular formula is C17H17BrN2O5. The van der Waals surface area contributed by atoms with Crippen LogP contribution >= 0.6 is 15.9 Å². The van der Waals surface area contributed by atoms with E-state index in [-0.39, 0.29) is 12.2 Å². The molecule has 0 saturated carbocycles. The summed E-state index contributed by atoms with van der Waals surface area (Å²) in [6, 6.07) is 9.04. The van der Waals surface area contributed by atoms with Crippen LogP contribution in [0.3, 0.4) is 0 Å². The van der Waals surface area contributed by atoms with Crippen molar-refractivity contribution in [2.24, 2.45) is 5.73 Å². The van der Waals surface area contributed by atoms with Crippen molar-refractivity contribution in [3.8, 4) is 11.5 Å². The zero-order valence-electron chi connectivity index (χ0n) is 13.7. The number of anilines is 1. The van der Waals surface area contributed by atoms with Gasteiger partial charge in [0.1, 0.15) is 18.1 Å². The summed E-state index contributed by atoms with van der Waals surface area (Å²) in [6.07, 6.45) is 0. The number of primary amides is 1. The van der Waals surface area contributed by atoms with E-state index in [0.29, 0.717) is 22.7 Å². The highest BCUT2D eigenvalue weighted by molar-refractivity contribution is 9.10. The standard InChI is InChI=1S/C17H17BrN2O5/c1-23-14-8-13(18)15(24-2)7-11(14)9-25-16(21)10-4-3-5-12(6-10)20-17(19)22/h3-8H,9H2,1-2H3,(H3,19,20,22). The third-order valence-corrected chi connectivity index (χ3v) is 3.90. The van der Waals surface area contributed by atoms with E-state index < -0.39 is 12.0 Å². The Morgan fingerprint density at radius 3 is 2.48 bits per heavy atom. The molecule has 132 valence electrons. The molecule has 0 spiro atoms. The summed E-state index contributed by atoms with van der Waals surface area (Å²) in [7, 11) is 3.07. The summed E-state index contributed by atoms with van der Waals surface area (Å²) in [6.45, 7) is -0.000871. The minimum absolute atomic E-state index is 0.000871. The number of benzene rings is 2. The van der Waals surface area contributed by atoms with Crippen molar-refractivity contribution >= 4 is 33.6 Å². The molecule has 0 unspecified atom stereocenters. The van der Waals surface area contributed by atoms with Crippen LogP contribution in [-0.2, 0) is 11.3 Å². The summed E-state index contributed by atoms with van der Waals surface area (Å²) in [5, 5.41) is 2.40. The van der Waals surface area contributed by atoms with Gasteiger partial charge >= 0.3 is 12.0 Å². The molecule has 2 aromatic rings. The first-order valence-corrected chi connectivity index (χ1v) is 7.98. The van der Waals surface area contributed by atoms with Crippen LogP contribution < -0.4 is 20.5 Å². The topological polar surface area (TPSA) is 99.9 Å². The minimum Gasteiger partial charge on any atom is -0.496 e. The van der Waals surface area contributed by atoms with Crippen LogP contribution in [-0.4, -0.2) is 26.2 Å². The Hall–Kier alpha value is -2.74. The summed E-state index contributed by atoms with van der Waals surface area (Å²) in [4.78, 5) is 23.1. The zero-order valence-corrected chi connectivity index (χ0v) is 15.3. The summed E-state index contributed by atoms with van der Waals surface area (Å²) in [5.74, 6) is 0.612. The van der Waals surface area contributed by atoms with E-state index in [1.807, 2.05) is 0 Å². The Morgan fingerprint density at radius 2 is 1.84 bits per heavy atom. The normalized spacial score (nSPS) is 10.0. The maximum atomic E-state index is 12.2. The van der Waals surface area contributed by atoms with Gasteiger partial charge in [-0.2, -0.15) is 0 Å². The number of rotatable bonds is 6. The molecule has 0 bridgehead atoms. The monoisotopic (exact) mass is 408 g/mol. The molecule has 3 N–H and O–H groups in total. The number of nitrogens with two attached hydrogens (primary N) is 1. The predicted molar refractivity (Wildman–Crippen MR) is 96.0 cm³/mol. The van der Waals surface area contributed by atoms with Gasteiger partial charge in [-0.05, 0) is 46.3 Å². The van der Waals surface area contributed by atoms with Crippen molar-refractivity contribution in [3.63, 3.8) is 0 Å². The summed E-state index contributed by atoms with van der Waals surface area (Å²) >= 11 is 3.37. The molecule has 0 radical (unpaired) electrons. The number of hydrogen-bond donors (Lipinski definition) is 2. The van der Waals surface area contributed by atoms with Gasteiger partial charge in [0.05, 0.1) is 24.3 Å². The van der Waals surface area contributed by atoms with Crippen molar-refractivity contribution in [3.05, 3.63) is 52.0 Å².